The van der Waals surface area contributed by atoms with Gasteiger partial charge in [-0.05, 0) is 42.0 Å². The lowest BCUT2D eigenvalue weighted by molar-refractivity contribution is 0.0962. The van der Waals surface area contributed by atoms with E-state index in [0.717, 1.165) is 24.2 Å². The van der Waals surface area contributed by atoms with Gasteiger partial charge < -0.3 is 10.1 Å². The van der Waals surface area contributed by atoms with E-state index in [0.29, 0.717) is 11.7 Å². The molecule has 3 heteroatoms. The van der Waals surface area contributed by atoms with Gasteiger partial charge in [0.2, 0.25) is 0 Å². The molecule has 0 radical (unpaired) electrons. The summed E-state index contributed by atoms with van der Waals surface area (Å²) < 4.78 is 5.82. The molecule has 1 N–H and O–H groups in total. The van der Waals surface area contributed by atoms with Gasteiger partial charge in [-0.2, -0.15) is 0 Å². The van der Waals surface area contributed by atoms with Gasteiger partial charge in [0.05, 0.1) is 6.10 Å². The second-order valence-electron chi connectivity index (χ2n) is 5.89. The molecule has 1 aliphatic carbocycles. The molecule has 0 aromatic heterocycles. The van der Waals surface area contributed by atoms with Crippen molar-refractivity contribution in [3.8, 4) is 5.75 Å². The first-order valence-corrected chi connectivity index (χ1v) is 6.44. The molecule has 98 valence electrons. The topological polar surface area (TPSA) is 38.3 Å². The molecule has 2 rings (SSSR count). The van der Waals surface area contributed by atoms with Crippen LogP contribution in [0.1, 0.15) is 49.5 Å². The fourth-order valence-corrected chi connectivity index (χ4v) is 1.75. The number of carbonyl (C=O) groups excluding carboxylic acids is 1. The lowest BCUT2D eigenvalue weighted by Gasteiger charge is -2.21. The van der Waals surface area contributed by atoms with E-state index >= 15 is 0 Å². The maximum absolute atomic E-state index is 11.8. The minimum absolute atomic E-state index is 0.00565. The molecule has 1 aliphatic rings. The standard InChI is InChI=1S/C15H21NO2/c1-15(2,3)11-7-10(14(17)16-4)8-13(9-11)18-12-5-6-12/h7-9,12H,5-6H2,1-4H3,(H,16,17). The summed E-state index contributed by atoms with van der Waals surface area (Å²) in [6.07, 6.45) is 2.59. The van der Waals surface area contributed by atoms with Crippen molar-refractivity contribution in [3.63, 3.8) is 0 Å². The largest absolute Gasteiger partial charge is 0.490 e. The van der Waals surface area contributed by atoms with Crippen molar-refractivity contribution in [3.05, 3.63) is 29.3 Å². The van der Waals surface area contributed by atoms with E-state index in [4.69, 9.17) is 4.74 Å². The summed E-state index contributed by atoms with van der Waals surface area (Å²) >= 11 is 0. The predicted molar refractivity (Wildman–Crippen MR) is 72.2 cm³/mol. The van der Waals surface area contributed by atoms with Gasteiger partial charge in [0.1, 0.15) is 5.75 Å². The molecular formula is C15H21NO2. The summed E-state index contributed by atoms with van der Waals surface area (Å²) in [6, 6.07) is 5.82. The highest BCUT2D eigenvalue weighted by atomic mass is 16.5. The normalized spacial score (nSPS) is 15.3. The first-order valence-electron chi connectivity index (χ1n) is 6.44. The highest BCUT2D eigenvalue weighted by Gasteiger charge is 2.25. The summed E-state index contributed by atoms with van der Waals surface area (Å²) in [5.41, 5.74) is 1.80. The Bertz CT molecular complexity index is 456. The molecule has 1 saturated carbocycles. The Kier molecular flexibility index (Phi) is 3.33. The zero-order valence-corrected chi connectivity index (χ0v) is 11.5. The number of hydrogen-bond donors (Lipinski definition) is 1. The molecule has 0 unspecified atom stereocenters. The number of rotatable bonds is 3. The summed E-state index contributed by atoms with van der Waals surface area (Å²) in [5, 5.41) is 2.66. The lowest BCUT2D eigenvalue weighted by atomic mass is 9.86. The van der Waals surface area contributed by atoms with Gasteiger partial charge >= 0.3 is 0 Å². The van der Waals surface area contributed by atoms with Crippen molar-refractivity contribution in [1.82, 2.24) is 5.32 Å². The third-order valence-corrected chi connectivity index (χ3v) is 3.09. The number of hydrogen-bond acceptors (Lipinski definition) is 2. The Balaban J connectivity index is 2.36. The van der Waals surface area contributed by atoms with Crippen LogP contribution in [0, 0.1) is 0 Å². The summed E-state index contributed by atoms with van der Waals surface area (Å²) in [4.78, 5) is 11.8. The second-order valence-corrected chi connectivity index (χ2v) is 5.89. The van der Waals surface area contributed by atoms with E-state index < -0.39 is 0 Å². The molecule has 1 amide bonds. The molecule has 0 atom stereocenters. The number of benzene rings is 1. The van der Waals surface area contributed by atoms with E-state index in [1.807, 2.05) is 18.2 Å². The van der Waals surface area contributed by atoms with Crippen LogP contribution in [0.25, 0.3) is 0 Å². The molecule has 0 aliphatic heterocycles. The Morgan fingerprint density at radius 3 is 2.44 bits per heavy atom. The van der Waals surface area contributed by atoms with Crippen LogP contribution in [0.15, 0.2) is 18.2 Å². The van der Waals surface area contributed by atoms with Gasteiger partial charge in [-0.3, -0.25) is 4.79 Å². The summed E-state index contributed by atoms with van der Waals surface area (Å²) in [6.45, 7) is 6.41. The zero-order valence-electron chi connectivity index (χ0n) is 11.5. The average molecular weight is 247 g/mol. The van der Waals surface area contributed by atoms with Crippen LogP contribution < -0.4 is 10.1 Å². The van der Waals surface area contributed by atoms with Crippen LogP contribution in [-0.2, 0) is 5.41 Å². The predicted octanol–water partition coefficient (Wildman–Crippen LogP) is 2.88. The third-order valence-electron chi connectivity index (χ3n) is 3.09. The lowest BCUT2D eigenvalue weighted by Crippen LogP contribution is -2.20. The molecule has 1 aromatic carbocycles. The first-order chi connectivity index (χ1) is 8.40. The second kappa shape index (κ2) is 4.63. The molecular weight excluding hydrogens is 226 g/mol. The Hall–Kier alpha value is -1.51. The van der Waals surface area contributed by atoms with Gasteiger partial charge in [0.25, 0.3) is 5.91 Å². The SMILES string of the molecule is CNC(=O)c1cc(OC2CC2)cc(C(C)(C)C)c1. The van der Waals surface area contributed by atoms with Gasteiger partial charge in [-0.25, -0.2) is 0 Å². The average Bonchev–Trinajstić information content (AvgIpc) is 3.10. The van der Waals surface area contributed by atoms with Crippen LogP contribution >= 0.6 is 0 Å². The molecule has 3 nitrogen and oxygen atoms in total. The van der Waals surface area contributed by atoms with E-state index in [1.165, 1.54) is 0 Å². The van der Waals surface area contributed by atoms with Gasteiger partial charge in [0.15, 0.2) is 0 Å². The van der Waals surface area contributed by atoms with Crippen molar-refractivity contribution < 1.29 is 9.53 Å². The monoisotopic (exact) mass is 247 g/mol. The number of ether oxygens (including phenoxy) is 1. The summed E-state index contributed by atoms with van der Waals surface area (Å²) in [5.74, 6) is 0.741. The first kappa shape index (κ1) is 12.9. The van der Waals surface area contributed by atoms with Crippen LogP contribution in [-0.4, -0.2) is 19.1 Å². The van der Waals surface area contributed by atoms with Crippen molar-refractivity contribution in [2.75, 3.05) is 7.05 Å². The quantitative estimate of drug-likeness (QED) is 0.892. The minimum Gasteiger partial charge on any atom is -0.490 e. The van der Waals surface area contributed by atoms with E-state index in [1.54, 1.807) is 7.05 Å². The Labute approximate surface area is 109 Å². The molecule has 0 heterocycles. The van der Waals surface area contributed by atoms with Crippen LogP contribution in [0.5, 0.6) is 5.75 Å². The molecule has 18 heavy (non-hydrogen) atoms. The zero-order chi connectivity index (χ0) is 13.3. The van der Waals surface area contributed by atoms with Gasteiger partial charge in [-0.1, -0.05) is 20.8 Å². The van der Waals surface area contributed by atoms with E-state index in [-0.39, 0.29) is 11.3 Å². The molecule has 1 fully saturated rings. The molecule has 1 aromatic rings. The highest BCUT2D eigenvalue weighted by molar-refractivity contribution is 5.94. The Morgan fingerprint density at radius 2 is 1.94 bits per heavy atom. The van der Waals surface area contributed by atoms with E-state index in [2.05, 4.69) is 26.1 Å². The fourth-order valence-electron chi connectivity index (χ4n) is 1.75. The van der Waals surface area contributed by atoms with Crippen LogP contribution in [0.4, 0.5) is 0 Å². The number of amides is 1. The van der Waals surface area contributed by atoms with Crippen LogP contribution in [0.2, 0.25) is 0 Å². The number of nitrogens with one attached hydrogen (secondary N) is 1. The third kappa shape index (κ3) is 3.03. The molecule has 0 spiro atoms. The van der Waals surface area contributed by atoms with Crippen molar-refractivity contribution in [2.24, 2.45) is 0 Å². The van der Waals surface area contributed by atoms with Gasteiger partial charge in [-0.15, -0.1) is 0 Å². The maximum atomic E-state index is 11.8. The molecule has 0 bridgehead atoms. The maximum Gasteiger partial charge on any atom is 0.251 e. The summed E-state index contributed by atoms with van der Waals surface area (Å²) in [7, 11) is 1.65. The Morgan fingerprint density at radius 1 is 1.28 bits per heavy atom. The molecule has 0 saturated heterocycles. The van der Waals surface area contributed by atoms with Crippen LogP contribution in [0.3, 0.4) is 0 Å². The number of carbonyl (C=O) groups is 1. The highest BCUT2D eigenvalue weighted by Crippen LogP contribution is 2.31. The smallest absolute Gasteiger partial charge is 0.251 e. The van der Waals surface area contributed by atoms with Gasteiger partial charge in [0, 0.05) is 12.6 Å². The minimum atomic E-state index is -0.0678. The van der Waals surface area contributed by atoms with Crippen molar-refractivity contribution in [2.45, 2.75) is 45.1 Å². The van der Waals surface area contributed by atoms with Crippen molar-refractivity contribution >= 4 is 5.91 Å². The van der Waals surface area contributed by atoms with Crippen molar-refractivity contribution in [1.29, 1.82) is 0 Å². The fraction of sp³-hybridized carbons (Fsp3) is 0.533. The van der Waals surface area contributed by atoms with E-state index in [9.17, 15) is 4.79 Å².